The summed E-state index contributed by atoms with van der Waals surface area (Å²) < 4.78 is 2.23. The number of hydrogen-bond donors (Lipinski definition) is 0. The molecule has 0 bridgehead atoms. The molecule has 5 aromatic rings. The van der Waals surface area contributed by atoms with Crippen LogP contribution in [0.3, 0.4) is 0 Å². The highest BCUT2D eigenvalue weighted by Crippen LogP contribution is 2.41. The number of benzene rings is 3. The van der Waals surface area contributed by atoms with Crippen molar-refractivity contribution < 1.29 is 0 Å². The van der Waals surface area contributed by atoms with Gasteiger partial charge in [-0.15, -0.1) is 11.3 Å². The molecule has 0 amide bonds. The number of nitrogens with zero attached hydrogens (tertiary/aromatic N) is 2. The molecule has 0 unspecified atom stereocenters. The average Bonchev–Trinajstić information content (AvgIpc) is 3.51. The third-order valence-corrected chi connectivity index (χ3v) is 7.07. The van der Waals surface area contributed by atoms with Crippen LogP contribution in [0.1, 0.15) is 32.8 Å². The number of aryl methyl sites for hydroxylation is 1. The number of hydrogen-bond acceptors (Lipinski definition) is 2. The van der Waals surface area contributed by atoms with Crippen LogP contribution in [0.5, 0.6) is 0 Å². The minimum atomic E-state index is -0.556. The second kappa shape index (κ2) is 8.45. The van der Waals surface area contributed by atoms with E-state index < -0.39 is 5.54 Å². The van der Waals surface area contributed by atoms with Gasteiger partial charge in [0.05, 0.1) is 12.0 Å². The predicted molar refractivity (Wildman–Crippen MR) is 134 cm³/mol. The van der Waals surface area contributed by atoms with E-state index in [9.17, 15) is 0 Å². The van der Waals surface area contributed by atoms with Crippen LogP contribution in [0.25, 0.3) is 5.57 Å². The monoisotopic (exact) mass is 432 g/mol. The largest absolute Gasteiger partial charge is 0.318 e. The van der Waals surface area contributed by atoms with Crippen molar-refractivity contribution in [3.8, 4) is 0 Å². The maximum atomic E-state index is 4.83. The Balaban J connectivity index is 1.77. The van der Waals surface area contributed by atoms with Gasteiger partial charge in [0.1, 0.15) is 5.54 Å². The summed E-state index contributed by atoms with van der Waals surface area (Å²) in [6.07, 6.45) is 4.07. The summed E-state index contributed by atoms with van der Waals surface area (Å²) in [6.45, 7) is 6.50. The van der Waals surface area contributed by atoms with E-state index in [2.05, 4.69) is 127 Å². The number of thiophene rings is 1. The highest BCUT2D eigenvalue weighted by atomic mass is 32.1. The zero-order valence-corrected chi connectivity index (χ0v) is 18.8. The molecule has 0 fully saturated rings. The lowest BCUT2D eigenvalue weighted by Crippen LogP contribution is -2.36. The molecule has 0 aliphatic rings. The molecule has 0 saturated carbocycles. The van der Waals surface area contributed by atoms with Gasteiger partial charge in [-0.05, 0) is 40.6 Å². The van der Waals surface area contributed by atoms with Gasteiger partial charge in [-0.2, -0.15) is 0 Å². The Morgan fingerprint density at radius 1 is 0.781 bits per heavy atom. The van der Waals surface area contributed by atoms with Gasteiger partial charge in [-0.25, -0.2) is 4.98 Å². The van der Waals surface area contributed by atoms with Crippen molar-refractivity contribution >= 4 is 16.9 Å². The van der Waals surface area contributed by atoms with Crippen LogP contribution in [0.4, 0.5) is 0 Å². The summed E-state index contributed by atoms with van der Waals surface area (Å²) in [4.78, 5) is 6.01. The van der Waals surface area contributed by atoms with Crippen molar-refractivity contribution in [1.82, 2.24) is 9.55 Å². The molecule has 32 heavy (non-hydrogen) atoms. The standard InChI is InChI=1S/C29H24N2S/c1-22-18-19-32-28(22)23(2)27-20-31(21-30-27)29(24-12-6-3-7-13-24,25-14-8-4-9-15-25)26-16-10-5-11-17-26/h3-21H,2H2,1H3. The summed E-state index contributed by atoms with van der Waals surface area (Å²) in [5.74, 6) is 0. The van der Waals surface area contributed by atoms with E-state index in [1.165, 1.54) is 27.1 Å². The molecule has 0 N–H and O–H groups in total. The van der Waals surface area contributed by atoms with E-state index in [-0.39, 0.29) is 0 Å². The van der Waals surface area contributed by atoms with Crippen molar-refractivity contribution in [3.05, 3.63) is 154 Å². The number of aromatic nitrogens is 2. The molecule has 3 aromatic carbocycles. The summed E-state index contributed by atoms with van der Waals surface area (Å²) in [6, 6.07) is 34.1. The third-order valence-electron chi connectivity index (χ3n) is 5.99. The number of imidazole rings is 1. The quantitative estimate of drug-likeness (QED) is 0.260. The van der Waals surface area contributed by atoms with Crippen LogP contribution in [0.15, 0.2) is 122 Å². The van der Waals surface area contributed by atoms with Crippen LogP contribution in [-0.2, 0) is 5.54 Å². The van der Waals surface area contributed by atoms with Crippen molar-refractivity contribution in [1.29, 1.82) is 0 Å². The molecule has 2 aromatic heterocycles. The molecule has 2 heterocycles. The first-order valence-corrected chi connectivity index (χ1v) is 11.5. The van der Waals surface area contributed by atoms with E-state index >= 15 is 0 Å². The molecular weight excluding hydrogens is 408 g/mol. The Bertz CT molecular complexity index is 1240. The Kier molecular flexibility index (Phi) is 5.34. The van der Waals surface area contributed by atoms with Gasteiger partial charge in [-0.3, -0.25) is 0 Å². The molecule has 0 saturated heterocycles. The highest BCUT2D eigenvalue weighted by Gasteiger charge is 2.38. The van der Waals surface area contributed by atoms with Gasteiger partial charge in [0.15, 0.2) is 0 Å². The lowest BCUT2D eigenvalue weighted by Gasteiger charge is -2.37. The van der Waals surface area contributed by atoms with Crippen LogP contribution in [0.2, 0.25) is 0 Å². The SMILES string of the molecule is C=C(c1cn(C(c2ccccc2)(c2ccccc2)c2ccccc2)cn1)c1sccc1C. The maximum Gasteiger partial charge on any atom is 0.121 e. The summed E-state index contributed by atoms with van der Waals surface area (Å²) >= 11 is 1.71. The van der Waals surface area contributed by atoms with Crippen LogP contribution in [0, 0.1) is 6.92 Å². The molecule has 156 valence electrons. The van der Waals surface area contributed by atoms with Gasteiger partial charge in [0.2, 0.25) is 0 Å². The van der Waals surface area contributed by atoms with E-state index in [1.54, 1.807) is 11.3 Å². The fourth-order valence-electron chi connectivity index (χ4n) is 4.45. The van der Waals surface area contributed by atoms with Crippen LogP contribution in [-0.4, -0.2) is 9.55 Å². The Morgan fingerprint density at radius 3 is 1.72 bits per heavy atom. The van der Waals surface area contributed by atoms with E-state index in [1.807, 2.05) is 6.33 Å². The normalized spacial score (nSPS) is 11.4. The lowest BCUT2D eigenvalue weighted by atomic mass is 9.77. The van der Waals surface area contributed by atoms with Crippen LogP contribution >= 0.6 is 11.3 Å². The number of rotatable bonds is 6. The molecular formula is C29H24N2S. The van der Waals surface area contributed by atoms with Crippen molar-refractivity contribution in [2.75, 3.05) is 0 Å². The molecule has 3 heteroatoms. The predicted octanol–water partition coefficient (Wildman–Crippen LogP) is 7.15. The summed E-state index contributed by atoms with van der Waals surface area (Å²) in [5, 5.41) is 2.11. The van der Waals surface area contributed by atoms with E-state index in [0.29, 0.717) is 0 Å². The van der Waals surface area contributed by atoms with Gasteiger partial charge in [0, 0.05) is 16.6 Å². The van der Waals surface area contributed by atoms with E-state index in [0.717, 1.165) is 11.3 Å². The third kappa shape index (κ3) is 3.31. The molecule has 0 atom stereocenters. The second-order valence-corrected chi connectivity index (χ2v) is 8.80. The second-order valence-electron chi connectivity index (χ2n) is 7.89. The minimum absolute atomic E-state index is 0.556. The van der Waals surface area contributed by atoms with E-state index in [4.69, 9.17) is 4.98 Å². The Hall–Kier alpha value is -3.69. The minimum Gasteiger partial charge on any atom is -0.318 e. The van der Waals surface area contributed by atoms with Crippen molar-refractivity contribution in [2.24, 2.45) is 0 Å². The topological polar surface area (TPSA) is 17.8 Å². The van der Waals surface area contributed by atoms with Gasteiger partial charge in [0.25, 0.3) is 0 Å². The fraction of sp³-hybridized carbons (Fsp3) is 0.0690. The first-order valence-electron chi connectivity index (χ1n) is 10.7. The lowest BCUT2D eigenvalue weighted by molar-refractivity contribution is 0.514. The van der Waals surface area contributed by atoms with Crippen molar-refractivity contribution in [2.45, 2.75) is 12.5 Å². The fourth-order valence-corrected chi connectivity index (χ4v) is 5.35. The Labute approximate surface area is 193 Å². The molecule has 0 radical (unpaired) electrons. The summed E-state index contributed by atoms with van der Waals surface area (Å²) in [7, 11) is 0. The Morgan fingerprint density at radius 2 is 1.28 bits per heavy atom. The summed E-state index contributed by atoms with van der Waals surface area (Å²) in [5.41, 5.74) is 6.06. The zero-order valence-electron chi connectivity index (χ0n) is 18.0. The van der Waals surface area contributed by atoms with Gasteiger partial charge in [-0.1, -0.05) is 97.6 Å². The molecule has 5 rings (SSSR count). The smallest absolute Gasteiger partial charge is 0.121 e. The highest BCUT2D eigenvalue weighted by molar-refractivity contribution is 7.11. The van der Waals surface area contributed by atoms with Crippen LogP contribution < -0.4 is 0 Å². The maximum absolute atomic E-state index is 4.83. The first kappa shape index (κ1) is 20.2. The molecule has 0 spiro atoms. The molecule has 2 nitrogen and oxygen atoms in total. The van der Waals surface area contributed by atoms with Gasteiger partial charge >= 0.3 is 0 Å². The molecule has 0 aliphatic carbocycles. The molecule has 0 aliphatic heterocycles. The van der Waals surface area contributed by atoms with Crippen molar-refractivity contribution in [3.63, 3.8) is 0 Å². The van der Waals surface area contributed by atoms with Gasteiger partial charge < -0.3 is 4.57 Å². The zero-order chi connectivity index (χ0) is 22.0. The first-order chi connectivity index (χ1) is 15.7. The average molecular weight is 433 g/mol.